The molecule has 0 fully saturated rings. The van der Waals surface area contributed by atoms with Crippen LogP contribution in [0.3, 0.4) is 0 Å². The summed E-state index contributed by atoms with van der Waals surface area (Å²) < 4.78 is 0. The van der Waals surface area contributed by atoms with Crippen LogP contribution in [0.25, 0.3) is 55.3 Å². The molecule has 0 heterocycles. The van der Waals surface area contributed by atoms with Crippen molar-refractivity contribution in [2.24, 2.45) is 0 Å². The quantitative estimate of drug-likeness (QED) is 0.254. The first kappa shape index (κ1) is 15.2. The third kappa shape index (κ3) is 1.63. The van der Waals surface area contributed by atoms with Crippen molar-refractivity contribution in [2.45, 2.75) is 12.8 Å². The molecule has 0 unspecified atom stereocenters. The van der Waals surface area contributed by atoms with Crippen LogP contribution in [0, 0.1) is 0 Å². The number of rotatable bonds is 0. The van der Waals surface area contributed by atoms with Crippen molar-refractivity contribution in [3.05, 3.63) is 107 Å². The van der Waals surface area contributed by atoms with E-state index in [1.807, 2.05) is 0 Å². The van der Waals surface area contributed by atoms with Gasteiger partial charge in [-0.15, -0.1) is 0 Å². The van der Waals surface area contributed by atoms with E-state index >= 15 is 0 Å². The Bertz CT molecular complexity index is 1580. The number of hydrogen-bond donors (Lipinski definition) is 0. The van der Waals surface area contributed by atoms with Crippen LogP contribution in [0.5, 0.6) is 0 Å². The van der Waals surface area contributed by atoms with E-state index in [9.17, 15) is 0 Å². The Kier molecular flexibility index (Phi) is 2.59. The van der Waals surface area contributed by atoms with E-state index in [4.69, 9.17) is 0 Å². The van der Waals surface area contributed by atoms with Crippen LogP contribution in [-0.2, 0) is 12.8 Å². The van der Waals surface area contributed by atoms with Crippen LogP contribution in [0.15, 0.2) is 84.9 Å². The van der Waals surface area contributed by atoms with Gasteiger partial charge in [0.05, 0.1) is 0 Å². The van der Waals surface area contributed by atoms with Crippen LogP contribution in [0.4, 0.5) is 0 Å². The lowest BCUT2D eigenvalue weighted by Gasteiger charge is -2.17. The summed E-state index contributed by atoms with van der Waals surface area (Å²) in [6.45, 7) is 0. The van der Waals surface area contributed by atoms with Crippen LogP contribution >= 0.6 is 0 Å². The van der Waals surface area contributed by atoms with Crippen molar-refractivity contribution in [2.75, 3.05) is 0 Å². The van der Waals surface area contributed by atoms with Gasteiger partial charge >= 0.3 is 0 Å². The molecule has 3 aliphatic rings. The Labute approximate surface area is 175 Å². The van der Waals surface area contributed by atoms with Gasteiger partial charge in [0.15, 0.2) is 0 Å². The van der Waals surface area contributed by atoms with Gasteiger partial charge in [-0.3, -0.25) is 0 Å². The lowest BCUT2D eigenvalue weighted by Crippen LogP contribution is -1.95. The molecule has 0 saturated heterocycles. The highest BCUT2D eigenvalue weighted by atomic mass is 14.4. The second kappa shape index (κ2) is 5.09. The van der Waals surface area contributed by atoms with Gasteiger partial charge in [-0.05, 0) is 90.4 Å². The van der Waals surface area contributed by atoms with Crippen molar-refractivity contribution < 1.29 is 0 Å². The highest BCUT2D eigenvalue weighted by molar-refractivity contribution is 6.21. The minimum Gasteiger partial charge on any atom is -0.0619 e. The fraction of sp³-hybridized carbons (Fsp3) is 0.0667. The molecule has 0 heteroatoms. The summed E-state index contributed by atoms with van der Waals surface area (Å²) in [6, 6.07) is 31.7. The Morgan fingerprint density at radius 3 is 1.57 bits per heavy atom. The van der Waals surface area contributed by atoms with E-state index in [-0.39, 0.29) is 0 Å². The molecule has 0 amide bonds. The summed E-state index contributed by atoms with van der Waals surface area (Å²) in [6.07, 6.45) is 2.09. The van der Waals surface area contributed by atoms with Crippen LogP contribution in [-0.4, -0.2) is 0 Å². The standard InChI is InChI=1S/C30H18/c1-3-11-20-18(7-1)15-25-27(20)24-16-19-8-2-4-12-21(19)28(24)30-23-14-6-10-17-9-5-13-22(26(17)23)29(25)30/h1-14H,15-16H2. The average molecular weight is 378 g/mol. The normalized spacial score (nSPS) is 13.7. The van der Waals surface area contributed by atoms with Gasteiger partial charge in [0.1, 0.15) is 0 Å². The maximum absolute atomic E-state index is 2.34. The molecule has 0 spiro atoms. The van der Waals surface area contributed by atoms with Crippen LogP contribution in [0.2, 0.25) is 0 Å². The molecule has 0 saturated carbocycles. The lowest BCUT2D eigenvalue weighted by atomic mass is 9.85. The van der Waals surface area contributed by atoms with Gasteiger partial charge in [-0.1, -0.05) is 84.9 Å². The first-order valence-electron chi connectivity index (χ1n) is 10.8. The summed E-state index contributed by atoms with van der Waals surface area (Å²) in [5, 5.41) is 2.79. The van der Waals surface area contributed by atoms with E-state index in [1.54, 1.807) is 11.1 Å². The number of benzene rings is 5. The molecule has 0 aromatic heterocycles. The highest BCUT2D eigenvalue weighted by Gasteiger charge is 2.37. The molecule has 0 atom stereocenters. The predicted octanol–water partition coefficient (Wildman–Crippen LogP) is 7.63. The molecule has 8 rings (SSSR count). The molecule has 0 nitrogen and oxygen atoms in total. The molecule has 5 aromatic rings. The minimum atomic E-state index is 1.04. The SMILES string of the molecule is c1ccc2c(c1)Cc1c-2c2c(c3c1-c1cccc4cccc-3c14)-c1ccccc1C2. The lowest BCUT2D eigenvalue weighted by molar-refractivity contribution is 1.24. The molecule has 30 heavy (non-hydrogen) atoms. The predicted molar refractivity (Wildman–Crippen MR) is 125 cm³/mol. The van der Waals surface area contributed by atoms with Crippen LogP contribution in [0.1, 0.15) is 22.3 Å². The summed E-state index contributed by atoms with van der Waals surface area (Å²) >= 11 is 0. The number of hydrogen-bond acceptors (Lipinski definition) is 0. The van der Waals surface area contributed by atoms with Gasteiger partial charge in [-0.25, -0.2) is 0 Å². The topological polar surface area (TPSA) is 0 Å². The molecule has 0 radical (unpaired) electrons. The Morgan fingerprint density at radius 2 is 0.900 bits per heavy atom. The maximum atomic E-state index is 2.34. The van der Waals surface area contributed by atoms with Gasteiger partial charge < -0.3 is 0 Å². The van der Waals surface area contributed by atoms with Crippen LogP contribution < -0.4 is 0 Å². The van der Waals surface area contributed by atoms with Gasteiger partial charge in [0, 0.05) is 0 Å². The fourth-order valence-electron chi connectivity index (χ4n) is 6.38. The zero-order valence-electron chi connectivity index (χ0n) is 16.5. The second-order valence-corrected chi connectivity index (χ2v) is 8.83. The van der Waals surface area contributed by atoms with E-state index < -0.39 is 0 Å². The molecule has 5 aromatic carbocycles. The smallest absolute Gasteiger partial charge is 0.000694 e. The Hall–Kier alpha value is -3.64. The molecule has 0 aliphatic heterocycles. The van der Waals surface area contributed by atoms with E-state index in [1.165, 1.54) is 66.4 Å². The number of fused-ring (bicyclic) bond motifs is 12. The van der Waals surface area contributed by atoms with Crippen molar-refractivity contribution in [3.63, 3.8) is 0 Å². The highest BCUT2D eigenvalue weighted by Crippen LogP contribution is 2.60. The van der Waals surface area contributed by atoms with Gasteiger partial charge in [0.2, 0.25) is 0 Å². The molecule has 0 bridgehead atoms. The second-order valence-electron chi connectivity index (χ2n) is 8.83. The van der Waals surface area contributed by atoms with Crippen molar-refractivity contribution >= 4 is 10.8 Å². The van der Waals surface area contributed by atoms with Crippen molar-refractivity contribution in [3.8, 4) is 44.5 Å². The molecule has 3 aliphatic carbocycles. The Morgan fingerprint density at radius 1 is 0.400 bits per heavy atom. The third-order valence-corrected chi connectivity index (χ3v) is 7.46. The van der Waals surface area contributed by atoms with Crippen molar-refractivity contribution in [1.29, 1.82) is 0 Å². The first-order chi connectivity index (χ1) is 14.9. The largest absolute Gasteiger partial charge is 0.0619 e. The summed E-state index contributed by atoms with van der Waals surface area (Å²) in [5.74, 6) is 0. The van der Waals surface area contributed by atoms with E-state index in [0.717, 1.165) is 12.8 Å². The van der Waals surface area contributed by atoms with E-state index in [2.05, 4.69) is 84.9 Å². The molecular formula is C30H18. The fourth-order valence-corrected chi connectivity index (χ4v) is 6.38. The third-order valence-electron chi connectivity index (χ3n) is 7.46. The zero-order chi connectivity index (χ0) is 19.4. The minimum absolute atomic E-state index is 1.04. The van der Waals surface area contributed by atoms with Crippen molar-refractivity contribution in [1.82, 2.24) is 0 Å². The monoisotopic (exact) mass is 378 g/mol. The summed E-state index contributed by atoms with van der Waals surface area (Å²) in [5.41, 5.74) is 17.7. The molecular weight excluding hydrogens is 360 g/mol. The zero-order valence-corrected chi connectivity index (χ0v) is 16.5. The maximum Gasteiger partial charge on any atom is -0.000694 e. The molecule has 0 N–H and O–H groups in total. The summed E-state index contributed by atoms with van der Waals surface area (Å²) in [4.78, 5) is 0. The van der Waals surface area contributed by atoms with Gasteiger partial charge in [0.25, 0.3) is 0 Å². The molecule has 138 valence electrons. The average Bonchev–Trinajstić information content (AvgIpc) is 3.45. The summed E-state index contributed by atoms with van der Waals surface area (Å²) in [7, 11) is 0. The first-order valence-corrected chi connectivity index (χ1v) is 10.8. The van der Waals surface area contributed by atoms with Gasteiger partial charge in [-0.2, -0.15) is 0 Å². The van der Waals surface area contributed by atoms with E-state index in [0.29, 0.717) is 0 Å². The Balaban J connectivity index is 1.62.